The molecule has 0 radical (unpaired) electrons. The summed E-state index contributed by atoms with van der Waals surface area (Å²) in [4.78, 5) is 16.0. The van der Waals surface area contributed by atoms with Crippen LogP contribution in [0.4, 0.5) is 4.39 Å². The summed E-state index contributed by atoms with van der Waals surface area (Å²) < 4.78 is 18.9. The van der Waals surface area contributed by atoms with E-state index in [0.717, 1.165) is 26.4 Å². The van der Waals surface area contributed by atoms with Crippen LogP contribution in [0.2, 0.25) is 0 Å². The molecule has 3 aromatic rings. The van der Waals surface area contributed by atoms with E-state index in [1.165, 1.54) is 23.5 Å². The molecular weight excluding hydrogens is 301 g/mol. The third-order valence-corrected chi connectivity index (χ3v) is 4.23. The summed E-state index contributed by atoms with van der Waals surface area (Å²) in [6, 6.07) is 12.3. The number of halogens is 1. The van der Waals surface area contributed by atoms with Crippen molar-refractivity contribution in [3.63, 3.8) is 0 Å². The molecule has 3 rings (SSSR count). The Labute approximate surface area is 131 Å². The molecular formula is C17H14FNO2S. The summed E-state index contributed by atoms with van der Waals surface area (Å²) in [5, 5.41) is 0.740. The summed E-state index contributed by atoms with van der Waals surface area (Å²) in [5.74, 6) is -0.514. The average Bonchev–Trinajstić information content (AvgIpc) is 2.89. The summed E-state index contributed by atoms with van der Waals surface area (Å²) in [5.41, 5.74) is 2.80. The fourth-order valence-corrected chi connectivity index (χ4v) is 3.20. The standard InChI is InChI=1S/C17H14FNO2S/c1-2-21-17(20)10-16-19-14-8-5-12(9-15(14)22-16)11-3-6-13(18)7-4-11/h3-9H,2,10H2,1H3. The molecule has 1 aromatic heterocycles. The maximum Gasteiger partial charge on any atom is 0.312 e. The van der Waals surface area contributed by atoms with Gasteiger partial charge in [0.15, 0.2) is 0 Å². The summed E-state index contributed by atoms with van der Waals surface area (Å²) >= 11 is 1.48. The van der Waals surface area contributed by atoms with Gasteiger partial charge in [-0.2, -0.15) is 0 Å². The van der Waals surface area contributed by atoms with Gasteiger partial charge in [-0.3, -0.25) is 4.79 Å². The first-order valence-electron chi connectivity index (χ1n) is 6.96. The van der Waals surface area contributed by atoms with Gasteiger partial charge in [0.1, 0.15) is 10.8 Å². The molecule has 0 saturated carbocycles. The Bertz CT molecular complexity index is 811. The van der Waals surface area contributed by atoms with Crippen LogP contribution in [0.3, 0.4) is 0 Å². The predicted octanol–water partition coefficient (Wildman–Crippen LogP) is 4.21. The number of esters is 1. The van der Waals surface area contributed by atoms with E-state index in [4.69, 9.17) is 4.74 Å². The second-order valence-corrected chi connectivity index (χ2v) is 5.89. The van der Waals surface area contributed by atoms with Crippen molar-refractivity contribution in [2.75, 3.05) is 6.61 Å². The van der Waals surface area contributed by atoms with Crippen molar-refractivity contribution in [3.8, 4) is 11.1 Å². The molecule has 3 nitrogen and oxygen atoms in total. The second kappa shape index (κ2) is 6.23. The number of fused-ring (bicyclic) bond motifs is 1. The van der Waals surface area contributed by atoms with E-state index in [1.54, 1.807) is 19.1 Å². The van der Waals surface area contributed by atoms with Gasteiger partial charge in [0.25, 0.3) is 0 Å². The molecule has 1 heterocycles. The van der Waals surface area contributed by atoms with Crippen LogP contribution in [-0.2, 0) is 16.0 Å². The third-order valence-electron chi connectivity index (χ3n) is 3.21. The highest BCUT2D eigenvalue weighted by Gasteiger charge is 2.10. The number of nitrogens with zero attached hydrogens (tertiary/aromatic N) is 1. The Balaban J connectivity index is 1.90. The number of hydrogen-bond donors (Lipinski definition) is 0. The smallest absolute Gasteiger partial charge is 0.312 e. The lowest BCUT2D eigenvalue weighted by Crippen LogP contribution is -2.06. The number of carbonyl (C=O) groups is 1. The van der Waals surface area contributed by atoms with Gasteiger partial charge in [-0.1, -0.05) is 18.2 Å². The van der Waals surface area contributed by atoms with E-state index < -0.39 is 0 Å². The van der Waals surface area contributed by atoms with Crippen molar-refractivity contribution >= 4 is 27.5 Å². The second-order valence-electron chi connectivity index (χ2n) is 4.78. The zero-order chi connectivity index (χ0) is 15.5. The molecule has 0 aliphatic heterocycles. The quantitative estimate of drug-likeness (QED) is 0.677. The van der Waals surface area contributed by atoms with Crippen LogP contribution in [0.25, 0.3) is 21.3 Å². The monoisotopic (exact) mass is 315 g/mol. The van der Waals surface area contributed by atoms with Crippen molar-refractivity contribution in [1.82, 2.24) is 4.98 Å². The molecule has 2 aromatic carbocycles. The van der Waals surface area contributed by atoms with Crippen LogP contribution in [0.5, 0.6) is 0 Å². The van der Waals surface area contributed by atoms with Crippen LogP contribution >= 0.6 is 11.3 Å². The SMILES string of the molecule is CCOC(=O)Cc1nc2ccc(-c3ccc(F)cc3)cc2s1. The number of benzene rings is 2. The Kier molecular flexibility index (Phi) is 4.15. The fourth-order valence-electron chi connectivity index (χ4n) is 2.21. The minimum Gasteiger partial charge on any atom is -0.466 e. The van der Waals surface area contributed by atoms with Crippen molar-refractivity contribution in [2.24, 2.45) is 0 Å². The molecule has 112 valence electrons. The number of hydrogen-bond acceptors (Lipinski definition) is 4. The van der Waals surface area contributed by atoms with Crippen LogP contribution in [-0.4, -0.2) is 17.6 Å². The molecule has 0 fully saturated rings. The first-order chi connectivity index (χ1) is 10.7. The molecule has 0 saturated heterocycles. The van der Waals surface area contributed by atoms with Crippen molar-refractivity contribution in [3.05, 3.63) is 53.3 Å². The topological polar surface area (TPSA) is 39.2 Å². The zero-order valence-electron chi connectivity index (χ0n) is 12.0. The fraction of sp³-hybridized carbons (Fsp3) is 0.176. The first kappa shape index (κ1) is 14.7. The van der Waals surface area contributed by atoms with Gasteiger partial charge >= 0.3 is 5.97 Å². The van der Waals surface area contributed by atoms with E-state index in [1.807, 2.05) is 18.2 Å². The minimum absolute atomic E-state index is 0.194. The summed E-state index contributed by atoms with van der Waals surface area (Å²) in [6.07, 6.45) is 0.194. The Morgan fingerprint density at radius 3 is 2.64 bits per heavy atom. The minimum atomic E-state index is -0.264. The van der Waals surface area contributed by atoms with Gasteiger partial charge in [-0.25, -0.2) is 9.37 Å². The van der Waals surface area contributed by atoms with Crippen LogP contribution in [0, 0.1) is 5.82 Å². The Hall–Kier alpha value is -2.27. The van der Waals surface area contributed by atoms with Gasteiger partial charge in [-0.15, -0.1) is 11.3 Å². The molecule has 0 aliphatic rings. The number of carbonyl (C=O) groups excluding carboxylic acids is 1. The summed E-state index contributed by atoms with van der Waals surface area (Å²) in [7, 11) is 0. The molecule has 0 bridgehead atoms. The van der Waals surface area contributed by atoms with Crippen LogP contribution in [0.1, 0.15) is 11.9 Å². The number of ether oxygens (including phenoxy) is 1. The summed E-state index contributed by atoms with van der Waals surface area (Å²) in [6.45, 7) is 2.16. The van der Waals surface area contributed by atoms with Crippen LogP contribution in [0.15, 0.2) is 42.5 Å². The predicted molar refractivity (Wildman–Crippen MR) is 85.4 cm³/mol. The van der Waals surface area contributed by atoms with Gasteiger partial charge < -0.3 is 4.74 Å². The van der Waals surface area contributed by atoms with E-state index >= 15 is 0 Å². The number of thiazole rings is 1. The van der Waals surface area contributed by atoms with E-state index in [9.17, 15) is 9.18 Å². The Morgan fingerprint density at radius 2 is 1.91 bits per heavy atom. The molecule has 0 aliphatic carbocycles. The van der Waals surface area contributed by atoms with Crippen molar-refractivity contribution < 1.29 is 13.9 Å². The molecule has 0 unspecified atom stereocenters. The van der Waals surface area contributed by atoms with Crippen molar-refractivity contribution in [1.29, 1.82) is 0 Å². The first-order valence-corrected chi connectivity index (χ1v) is 7.78. The number of rotatable bonds is 4. The maximum atomic E-state index is 13.0. The van der Waals surface area contributed by atoms with Gasteiger partial charge in [0.2, 0.25) is 0 Å². The maximum absolute atomic E-state index is 13.0. The normalized spacial score (nSPS) is 10.8. The largest absolute Gasteiger partial charge is 0.466 e. The highest BCUT2D eigenvalue weighted by Crippen LogP contribution is 2.28. The van der Waals surface area contributed by atoms with E-state index in [2.05, 4.69) is 4.98 Å². The number of aromatic nitrogens is 1. The third kappa shape index (κ3) is 3.14. The molecule has 5 heteroatoms. The van der Waals surface area contributed by atoms with E-state index in [-0.39, 0.29) is 18.2 Å². The molecule has 0 atom stereocenters. The van der Waals surface area contributed by atoms with Gasteiger partial charge in [0, 0.05) is 0 Å². The lowest BCUT2D eigenvalue weighted by Gasteiger charge is -2.01. The molecule has 0 amide bonds. The highest BCUT2D eigenvalue weighted by atomic mass is 32.1. The lowest BCUT2D eigenvalue weighted by molar-refractivity contribution is -0.142. The molecule has 22 heavy (non-hydrogen) atoms. The zero-order valence-corrected chi connectivity index (χ0v) is 12.8. The molecule has 0 spiro atoms. The van der Waals surface area contributed by atoms with Gasteiger partial charge in [-0.05, 0) is 42.3 Å². The van der Waals surface area contributed by atoms with Crippen molar-refractivity contribution in [2.45, 2.75) is 13.3 Å². The average molecular weight is 315 g/mol. The van der Waals surface area contributed by atoms with Gasteiger partial charge in [0.05, 0.1) is 23.2 Å². The lowest BCUT2D eigenvalue weighted by atomic mass is 10.1. The molecule has 0 N–H and O–H groups in total. The highest BCUT2D eigenvalue weighted by molar-refractivity contribution is 7.18. The van der Waals surface area contributed by atoms with E-state index in [0.29, 0.717) is 6.61 Å². The Morgan fingerprint density at radius 1 is 1.18 bits per heavy atom. The van der Waals surface area contributed by atoms with Crippen LogP contribution < -0.4 is 0 Å².